The van der Waals surface area contributed by atoms with E-state index in [1.165, 1.54) is 0 Å². The van der Waals surface area contributed by atoms with E-state index >= 15 is 0 Å². The van der Waals surface area contributed by atoms with Crippen LogP contribution in [0.5, 0.6) is 11.5 Å². The molecule has 0 aromatic heterocycles. The van der Waals surface area contributed by atoms with E-state index in [1.807, 2.05) is 18.2 Å². The number of halogens is 1. The van der Waals surface area contributed by atoms with Gasteiger partial charge in [0.2, 0.25) is 0 Å². The molecular weight excluding hydrogens is 431 g/mol. The molecule has 0 bridgehead atoms. The quantitative estimate of drug-likeness (QED) is 0.228. The maximum absolute atomic E-state index is 5.90. The predicted molar refractivity (Wildman–Crippen MR) is 116 cm³/mol. The standard InChI is InChI=1S/C18H32N4O2.HI/c1-5-22(6-2)13-7-11-20-18(19)21-12-10-15-8-9-16(23-3)17(14-15)24-4;/h8-9,14H,5-7,10-13H2,1-4H3,(H3,19,20,21);1H. The number of nitrogens with one attached hydrogen (secondary N) is 1. The highest BCUT2D eigenvalue weighted by Gasteiger charge is 2.04. The SMILES string of the molecule is CCN(CC)CCCN=C(N)NCCc1ccc(OC)c(OC)c1.I. The second-order valence-electron chi connectivity index (χ2n) is 5.51. The molecule has 1 aromatic carbocycles. The Morgan fingerprint density at radius 3 is 2.44 bits per heavy atom. The van der Waals surface area contributed by atoms with Crippen molar-refractivity contribution in [1.29, 1.82) is 0 Å². The Hall–Kier alpha value is -1.22. The summed E-state index contributed by atoms with van der Waals surface area (Å²) in [7, 11) is 3.28. The molecule has 0 aliphatic carbocycles. The summed E-state index contributed by atoms with van der Waals surface area (Å²) in [6.45, 7) is 9.08. The molecule has 0 heterocycles. The third-order valence-electron chi connectivity index (χ3n) is 3.98. The first-order chi connectivity index (χ1) is 11.6. The summed E-state index contributed by atoms with van der Waals surface area (Å²) >= 11 is 0. The zero-order valence-electron chi connectivity index (χ0n) is 15.9. The van der Waals surface area contributed by atoms with Crippen LogP contribution in [0.4, 0.5) is 0 Å². The third-order valence-corrected chi connectivity index (χ3v) is 3.98. The van der Waals surface area contributed by atoms with Crippen LogP contribution >= 0.6 is 24.0 Å². The van der Waals surface area contributed by atoms with E-state index in [1.54, 1.807) is 14.2 Å². The Bertz CT molecular complexity index is 508. The van der Waals surface area contributed by atoms with Gasteiger partial charge in [-0.2, -0.15) is 0 Å². The molecule has 0 aliphatic rings. The summed E-state index contributed by atoms with van der Waals surface area (Å²) in [6, 6.07) is 5.93. The number of hydrogen-bond donors (Lipinski definition) is 2. The van der Waals surface area contributed by atoms with Gasteiger partial charge in [-0.15, -0.1) is 24.0 Å². The first kappa shape index (κ1) is 23.8. The molecule has 1 rings (SSSR count). The van der Waals surface area contributed by atoms with Crippen LogP contribution in [0, 0.1) is 0 Å². The number of aliphatic imine (C=N–C) groups is 1. The molecule has 25 heavy (non-hydrogen) atoms. The molecule has 144 valence electrons. The zero-order valence-corrected chi connectivity index (χ0v) is 18.2. The largest absolute Gasteiger partial charge is 0.493 e. The first-order valence-electron chi connectivity index (χ1n) is 8.61. The average Bonchev–Trinajstić information content (AvgIpc) is 2.61. The maximum Gasteiger partial charge on any atom is 0.188 e. The fourth-order valence-electron chi connectivity index (χ4n) is 2.46. The lowest BCUT2D eigenvalue weighted by Gasteiger charge is -2.16. The molecule has 0 radical (unpaired) electrons. The van der Waals surface area contributed by atoms with Crippen LogP contribution in [-0.4, -0.2) is 57.8 Å². The van der Waals surface area contributed by atoms with E-state index in [4.69, 9.17) is 15.2 Å². The fourth-order valence-corrected chi connectivity index (χ4v) is 2.46. The monoisotopic (exact) mass is 464 g/mol. The molecule has 0 atom stereocenters. The second kappa shape index (κ2) is 14.0. The lowest BCUT2D eigenvalue weighted by molar-refractivity contribution is 0.302. The fraction of sp³-hybridized carbons (Fsp3) is 0.611. The number of benzene rings is 1. The minimum atomic E-state index is 0. The van der Waals surface area contributed by atoms with E-state index in [9.17, 15) is 0 Å². The van der Waals surface area contributed by atoms with Crippen molar-refractivity contribution in [2.24, 2.45) is 10.7 Å². The van der Waals surface area contributed by atoms with E-state index in [-0.39, 0.29) is 24.0 Å². The van der Waals surface area contributed by atoms with Crippen LogP contribution in [0.1, 0.15) is 25.8 Å². The molecular formula is C18H33IN4O2. The minimum absolute atomic E-state index is 0. The van der Waals surface area contributed by atoms with Gasteiger partial charge < -0.3 is 25.4 Å². The Morgan fingerprint density at radius 1 is 1.16 bits per heavy atom. The van der Waals surface area contributed by atoms with E-state index in [0.717, 1.165) is 62.6 Å². The highest BCUT2D eigenvalue weighted by Crippen LogP contribution is 2.27. The van der Waals surface area contributed by atoms with Crippen molar-refractivity contribution in [3.63, 3.8) is 0 Å². The summed E-state index contributed by atoms with van der Waals surface area (Å²) in [5.41, 5.74) is 7.06. The number of guanidine groups is 1. The third kappa shape index (κ3) is 9.15. The molecule has 6 nitrogen and oxygen atoms in total. The Morgan fingerprint density at radius 2 is 1.84 bits per heavy atom. The van der Waals surface area contributed by atoms with Crippen LogP contribution in [0.25, 0.3) is 0 Å². The van der Waals surface area contributed by atoms with Crippen molar-refractivity contribution < 1.29 is 9.47 Å². The molecule has 0 spiro atoms. The second-order valence-corrected chi connectivity index (χ2v) is 5.51. The Labute approximate surface area is 169 Å². The normalized spacial score (nSPS) is 11.2. The lowest BCUT2D eigenvalue weighted by Crippen LogP contribution is -2.33. The predicted octanol–water partition coefficient (Wildman–Crippen LogP) is 2.50. The first-order valence-corrected chi connectivity index (χ1v) is 8.61. The number of nitrogens with zero attached hydrogens (tertiary/aromatic N) is 2. The zero-order chi connectivity index (χ0) is 17.8. The van der Waals surface area contributed by atoms with Gasteiger partial charge in [-0.25, -0.2) is 0 Å². The molecule has 3 N–H and O–H groups in total. The minimum Gasteiger partial charge on any atom is -0.493 e. The van der Waals surface area contributed by atoms with Crippen LogP contribution in [0.15, 0.2) is 23.2 Å². The van der Waals surface area contributed by atoms with Crippen LogP contribution in [0.3, 0.4) is 0 Å². The van der Waals surface area contributed by atoms with Gasteiger partial charge in [-0.05, 0) is 50.2 Å². The molecule has 7 heteroatoms. The molecule has 0 unspecified atom stereocenters. The van der Waals surface area contributed by atoms with Crippen molar-refractivity contribution >= 4 is 29.9 Å². The summed E-state index contributed by atoms with van der Waals surface area (Å²) in [6.07, 6.45) is 1.87. The molecule has 0 saturated carbocycles. The van der Waals surface area contributed by atoms with E-state index in [2.05, 4.69) is 29.1 Å². The molecule has 0 saturated heterocycles. The van der Waals surface area contributed by atoms with Gasteiger partial charge in [0, 0.05) is 13.1 Å². The van der Waals surface area contributed by atoms with Gasteiger partial charge in [0.25, 0.3) is 0 Å². The highest BCUT2D eigenvalue weighted by atomic mass is 127. The van der Waals surface area contributed by atoms with Gasteiger partial charge in [0.15, 0.2) is 17.5 Å². The van der Waals surface area contributed by atoms with Crippen molar-refractivity contribution in [3.8, 4) is 11.5 Å². The van der Waals surface area contributed by atoms with Crippen molar-refractivity contribution in [1.82, 2.24) is 10.2 Å². The molecule has 0 amide bonds. The Balaban J connectivity index is 0.00000576. The smallest absolute Gasteiger partial charge is 0.188 e. The summed E-state index contributed by atoms with van der Waals surface area (Å²) in [5.74, 6) is 1.99. The van der Waals surface area contributed by atoms with Gasteiger partial charge in [0.05, 0.1) is 14.2 Å². The lowest BCUT2D eigenvalue weighted by atomic mass is 10.1. The van der Waals surface area contributed by atoms with Crippen LogP contribution in [-0.2, 0) is 6.42 Å². The number of nitrogens with two attached hydrogens (primary N) is 1. The van der Waals surface area contributed by atoms with Gasteiger partial charge in [-0.1, -0.05) is 19.9 Å². The van der Waals surface area contributed by atoms with Crippen molar-refractivity contribution in [3.05, 3.63) is 23.8 Å². The van der Waals surface area contributed by atoms with Crippen molar-refractivity contribution in [2.45, 2.75) is 26.7 Å². The highest BCUT2D eigenvalue weighted by molar-refractivity contribution is 14.0. The molecule has 0 aliphatic heterocycles. The maximum atomic E-state index is 5.90. The number of hydrogen-bond acceptors (Lipinski definition) is 4. The molecule has 1 aromatic rings. The van der Waals surface area contributed by atoms with Gasteiger partial charge >= 0.3 is 0 Å². The van der Waals surface area contributed by atoms with Crippen molar-refractivity contribution in [2.75, 3.05) is 46.9 Å². The number of rotatable bonds is 11. The topological polar surface area (TPSA) is 72.1 Å². The summed E-state index contributed by atoms with van der Waals surface area (Å²) in [5, 5.41) is 3.16. The Kier molecular flexibility index (Phi) is 13.3. The molecule has 0 fully saturated rings. The summed E-state index contributed by atoms with van der Waals surface area (Å²) < 4.78 is 10.5. The van der Waals surface area contributed by atoms with Gasteiger partial charge in [0.1, 0.15) is 0 Å². The van der Waals surface area contributed by atoms with Crippen LogP contribution in [0.2, 0.25) is 0 Å². The van der Waals surface area contributed by atoms with Crippen LogP contribution < -0.4 is 20.5 Å². The number of methoxy groups -OCH3 is 2. The average molecular weight is 464 g/mol. The van der Waals surface area contributed by atoms with E-state index in [0.29, 0.717) is 5.96 Å². The van der Waals surface area contributed by atoms with E-state index < -0.39 is 0 Å². The number of ether oxygens (including phenoxy) is 2. The summed E-state index contributed by atoms with van der Waals surface area (Å²) in [4.78, 5) is 6.75. The van der Waals surface area contributed by atoms with Gasteiger partial charge in [-0.3, -0.25) is 4.99 Å².